The Kier molecular flexibility index (Phi) is 9.42. The van der Waals surface area contributed by atoms with Crippen LogP contribution in [0.1, 0.15) is 67.2 Å². The number of Topliss-reactive ketones (excluding diaryl/α,β-unsaturated/α-hetero) is 1. The molecule has 1 atom stereocenters. The van der Waals surface area contributed by atoms with Crippen LogP contribution >= 0.6 is 23.2 Å². The lowest BCUT2D eigenvalue weighted by atomic mass is 9.85. The molecule has 1 aliphatic carbocycles. The molecule has 1 saturated carbocycles. The summed E-state index contributed by atoms with van der Waals surface area (Å²) in [5, 5.41) is 14.7. The second-order valence-corrected chi connectivity index (χ2v) is 11.1. The highest BCUT2D eigenvalue weighted by atomic mass is 35.5. The molecule has 1 aromatic heterocycles. The first-order chi connectivity index (χ1) is 18.2. The number of fused-ring (bicyclic) bond motifs is 1. The van der Waals surface area contributed by atoms with E-state index in [0.29, 0.717) is 27.8 Å². The van der Waals surface area contributed by atoms with Gasteiger partial charge in [-0.15, -0.1) is 0 Å². The first-order valence-corrected chi connectivity index (χ1v) is 14.0. The maximum atomic E-state index is 12.6. The number of pyridine rings is 1. The van der Waals surface area contributed by atoms with Crippen molar-refractivity contribution in [3.8, 4) is 11.1 Å². The number of carbonyl (C=O) groups is 2. The van der Waals surface area contributed by atoms with Gasteiger partial charge < -0.3 is 10.4 Å². The molecule has 0 saturated heterocycles. The van der Waals surface area contributed by atoms with E-state index in [-0.39, 0.29) is 30.0 Å². The minimum Gasteiger partial charge on any atom is -0.395 e. The van der Waals surface area contributed by atoms with Crippen LogP contribution in [0.15, 0.2) is 36.5 Å². The van der Waals surface area contributed by atoms with E-state index in [9.17, 15) is 14.7 Å². The van der Waals surface area contributed by atoms with Gasteiger partial charge >= 0.3 is 0 Å². The third kappa shape index (κ3) is 6.20. The normalized spacial score (nSPS) is 18.5. The van der Waals surface area contributed by atoms with Gasteiger partial charge in [0.05, 0.1) is 39.0 Å². The number of aliphatic hydroxyl groups is 1. The van der Waals surface area contributed by atoms with Crippen LogP contribution in [0.3, 0.4) is 0 Å². The highest BCUT2D eigenvalue weighted by Gasteiger charge is 2.26. The molecule has 1 aliphatic rings. The number of rotatable bonds is 10. The van der Waals surface area contributed by atoms with Gasteiger partial charge in [0.1, 0.15) is 0 Å². The van der Waals surface area contributed by atoms with E-state index < -0.39 is 0 Å². The topological polar surface area (TPSA) is 82.5 Å². The van der Waals surface area contributed by atoms with Gasteiger partial charge in [-0.3, -0.25) is 19.5 Å². The van der Waals surface area contributed by atoms with Crippen LogP contribution in [-0.4, -0.2) is 58.8 Å². The van der Waals surface area contributed by atoms with Crippen LogP contribution in [0.25, 0.3) is 22.0 Å². The Labute approximate surface area is 234 Å². The zero-order valence-electron chi connectivity index (χ0n) is 22.1. The number of benzene rings is 2. The van der Waals surface area contributed by atoms with E-state index >= 15 is 0 Å². The van der Waals surface area contributed by atoms with Crippen molar-refractivity contribution in [2.75, 3.05) is 25.0 Å². The van der Waals surface area contributed by atoms with Gasteiger partial charge in [0, 0.05) is 30.2 Å². The summed E-state index contributed by atoms with van der Waals surface area (Å²) in [6.45, 7) is 7.88. The SMILES string of the molecule is CCN(CC1CCC(Nc2c(C(C)=O)cnc3ccc(-c4cc(Cl)c(C=O)c(Cl)c4)cc23)CC1)[C@H](C)CO. The maximum Gasteiger partial charge on any atom is 0.163 e. The van der Waals surface area contributed by atoms with E-state index in [1.807, 2.05) is 18.2 Å². The molecule has 8 heteroatoms. The standard InChI is InChI=1S/C30H35Cl2N3O3/c1-4-35(18(2)16-36)15-20-5-8-23(9-6-20)34-30-24-11-21(7-10-29(24)33-14-25(30)19(3)38)22-12-27(31)26(17-37)28(32)13-22/h7,10-14,17-18,20,23,36H,4-6,8-9,15-16H2,1-3H3,(H,33,34)/t18-,20?,23?/m1/s1. The molecule has 0 bridgehead atoms. The van der Waals surface area contributed by atoms with Crippen LogP contribution in [0, 0.1) is 5.92 Å². The zero-order valence-corrected chi connectivity index (χ0v) is 23.6. The summed E-state index contributed by atoms with van der Waals surface area (Å²) in [6.07, 6.45) is 6.51. The summed E-state index contributed by atoms with van der Waals surface area (Å²) >= 11 is 12.6. The fourth-order valence-corrected chi connectivity index (χ4v) is 6.00. The second-order valence-electron chi connectivity index (χ2n) is 10.3. The number of nitrogens with zero attached hydrogens (tertiary/aromatic N) is 2. The Balaban J connectivity index is 1.61. The number of ketones is 1. The molecule has 3 aromatic rings. The summed E-state index contributed by atoms with van der Waals surface area (Å²) in [4.78, 5) is 30.8. The average molecular weight is 557 g/mol. The van der Waals surface area contributed by atoms with Crippen molar-refractivity contribution in [1.29, 1.82) is 0 Å². The number of aromatic nitrogens is 1. The summed E-state index contributed by atoms with van der Waals surface area (Å²) < 4.78 is 0. The Morgan fingerprint density at radius 1 is 1.16 bits per heavy atom. The highest BCUT2D eigenvalue weighted by Crippen LogP contribution is 2.36. The van der Waals surface area contributed by atoms with Crippen LogP contribution in [-0.2, 0) is 0 Å². The van der Waals surface area contributed by atoms with Gasteiger partial charge in [-0.1, -0.05) is 36.2 Å². The van der Waals surface area contributed by atoms with Crippen molar-refractivity contribution in [3.63, 3.8) is 0 Å². The van der Waals surface area contributed by atoms with Crippen molar-refractivity contribution < 1.29 is 14.7 Å². The summed E-state index contributed by atoms with van der Waals surface area (Å²) in [6, 6.07) is 9.74. The molecule has 202 valence electrons. The van der Waals surface area contributed by atoms with Crippen molar-refractivity contribution in [2.24, 2.45) is 5.92 Å². The number of carbonyl (C=O) groups excluding carboxylic acids is 2. The van der Waals surface area contributed by atoms with E-state index in [4.69, 9.17) is 23.2 Å². The molecule has 1 fully saturated rings. The number of hydrogen-bond acceptors (Lipinski definition) is 6. The zero-order chi connectivity index (χ0) is 27.4. The van der Waals surface area contributed by atoms with Crippen LogP contribution in [0.4, 0.5) is 5.69 Å². The first-order valence-electron chi connectivity index (χ1n) is 13.2. The van der Waals surface area contributed by atoms with Gasteiger partial charge in [-0.25, -0.2) is 0 Å². The Hall–Kier alpha value is -2.51. The third-order valence-corrected chi connectivity index (χ3v) is 8.38. The fourth-order valence-electron chi connectivity index (χ4n) is 5.42. The molecule has 38 heavy (non-hydrogen) atoms. The Bertz CT molecular complexity index is 1300. The van der Waals surface area contributed by atoms with Gasteiger partial charge in [0.25, 0.3) is 0 Å². The van der Waals surface area contributed by atoms with E-state index in [2.05, 4.69) is 29.0 Å². The monoisotopic (exact) mass is 555 g/mol. The lowest BCUT2D eigenvalue weighted by molar-refractivity contribution is 0.101. The molecule has 2 aromatic carbocycles. The van der Waals surface area contributed by atoms with E-state index in [1.54, 1.807) is 25.3 Å². The number of likely N-dealkylation sites (N-methyl/N-ethyl adjacent to an activating group) is 1. The van der Waals surface area contributed by atoms with Crippen LogP contribution in [0.2, 0.25) is 10.0 Å². The molecule has 1 heterocycles. The molecule has 0 radical (unpaired) electrons. The fraction of sp³-hybridized carbons (Fsp3) is 0.433. The van der Waals surface area contributed by atoms with Crippen LogP contribution < -0.4 is 5.32 Å². The molecule has 0 spiro atoms. The second kappa shape index (κ2) is 12.6. The molecule has 6 nitrogen and oxygen atoms in total. The number of aldehydes is 1. The van der Waals surface area contributed by atoms with Gasteiger partial charge in [0.2, 0.25) is 0 Å². The summed E-state index contributed by atoms with van der Waals surface area (Å²) in [7, 11) is 0. The van der Waals surface area contributed by atoms with E-state index in [0.717, 1.165) is 66.5 Å². The van der Waals surface area contributed by atoms with Gasteiger partial charge in [-0.2, -0.15) is 0 Å². The quantitative estimate of drug-likeness (QED) is 0.209. The lowest BCUT2D eigenvalue weighted by Crippen LogP contribution is -2.40. The molecular weight excluding hydrogens is 521 g/mol. The largest absolute Gasteiger partial charge is 0.395 e. The van der Waals surface area contributed by atoms with E-state index in [1.165, 1.54) is 0 Å². The van der Waals surface area contributed by atoms with Crippen molar-refractivity contribution >= 4 is 51.9 Å². The minimum absolute atomic E-state index is 0.0426. The van der Waals surface area contributed by atoms with Crippen molar-refractivity contribution in [1.82, 2.24) is 9.88 Å². The molecule has 0 amide bonds. The molecule has 2 N–H and O–H groups in total. The smallest absolute Gasteiger partial charge is 0.163 e. The summed E-state index contributed by atoms with van der Waals surface area (Å²) in [5.41, 5.74) is 4.07. The highest BCUT2D eigenvalue weighted by molar-refractivity contribution is 6.39. The first kappa shape index (κ1) is 28.5. The minimum atomic E-state index is -0.0426. The Morgan fingerprint density at radius 3 is 2.42 bits per heavy atom. The van der Waals surface area contributed by atoms with Crippen molar-refractivity contribution in [3.05, 3.63) is 57.7 Å². The van der Waals surface area contributed by atoms with Crippen LogP contribution in [0.5, 0.6) is 0 Å². The molecular formula is C30H35Cl2N3O3. The predicted molar refractivity (Wildman–Crippen MR) is 156 cm³/mol. The number of aliphatic hydroxyl groups excluding tert-OH is 1. The third-order valence-electron chi connectivity index (χ3n) is 7.76. The lowest BCUT2D eigenvalue weighted by Gasteiger charge is -2.35. The maximum absolute atomic E-state index is 12.6. The average Bonchev–Trinajstić information content (AvgIpc) is 2.91. The number of anilines is 1. The summed E-state index contributed by atoms with van der Waals surface area (Å²) in [5.74, 6) is 0.554. The Morgan fingerprint density at radius 2 is 1.84 bits per heavy atom. The van der Waals surface area contributed by atoms with Gasteiger partial charge in [-0.05, 0) is 87.4 Å². The number of hydrogen-bond donors (Lipinski definition) is 2. The molecule has 0 unspecified atom stereocenters. The van der Waals surface area contributed by atoms with Crippen molar-refractivity contribution in [2.45, 2.75) is 58.5 Å². The molecule has 4 rings (SSSR count). The predicted octanol–water partition coefficient (Wildman–Crippen LogP) is 6.90. The number of halogens is 2. The number of nitrogens with one attached hydrogen (secondary N) is 1. The molecule has 0 aliphatic heterocycles. The van der Waals surface area contributed by atoms with Gasteiger partial charge in [0.15, 0.2) is 12.1 Å².